The number of carbonyl (C=O) groups is 1. The summed E-state index contributed by atoms with van der Waals surface area (Å²) in [7, 11) is 1.48. The number of nitrogens with zero attached hydrogens (tertiary/aromatic N) is 1. The average molecular weight is 338 g/mol. The first-order valence-electron chi connectivity index (χ1n) is 7.30. The zero-order chi connectivity index (χ0) is 17.8. The molecule has 7 nitrogen and oxygen atoms in total. The van der Waals surface area contributed by atoms with Crippen LogP contribution in [0.1, 0.15) is 5.56 Å². The number of rotatable bonds is 4. The highest BCUT2D eigenvalue weighted by atomic mass is 16.7. The Hall–Kier alpha value is -3.66. The van der Waals surface area contributed by atoms with Gasteiger partial charge in [0.2, 0.25) is 6.79 Å². The molecular weight excluding hydrogens is 324 g/mol. The second-order valence-electron chi connectivity index (χ2n) is 5.12. The maximum atomic E-state index is 12.3. The largest absolute Gasteiger partial charge is 0.508 e. The lowest BCUT2D eigenvalue weighted by atomic mass is 10.1. The maximum absolute atomic E-state index is 12.3. The fraction of sp³-hybridized carbons (Fsp3) is 0.111. The molecule has 7 heteroatoms. The quantitative estimate of drug-likeness (QED) is 0.505. The van der Waals surface area contributed by atoms with Crippen LogP contribution in [-0.2, 0) is 4.79 Å². The topological polar surface area (TPSA) is 101 Å². The summed E-state index contributed by atoms with van der Waals surface area (Å²) in [6.07, 6.45) is 1.41. The van der Waals surface area contributed by atoms with Crippen molar-refractivity contribution in [2.24, 2.45) is 0 Å². The molecule has 25 heavy (non-hydrogen) atoms. The summed E-state index contributed by atoms with van der Waals surface area (Å²) < 4.78 is 15.9. The minimum absolute atomic E-state index is 0.0825. The van der Waals surface area contributed by atoms with Crippen molar-refractivity contribution in [2.75, 3.05) is 19.2 Å². The number of methoxy groups -OCH3 is 1. The van der Waals surface area contributed by atoms with Crippen LogP contribution >= 0.6 is 0 Å². The summed E-state index contributed by atoms with van der Waals surface area (Å²) in [5.41, 5.74) is 0.871. The average Bonchev–Trinajstić information content (AvgIpc) is 3.07. The molecule has 1 amide bonds. The molecule has 0 aliphatic carbocycles. The van der Waals surface area contributed by atoms with Crippen molar-refractivity contribution >= 4 is 17.7 Å². The van der Waals surface area contributed by atoms with Crippen LogP contribution in [-0.4, -0.2) is 24.9 Å². The number of hydrogen-bond donors (Lipinski definition) is 2. The van der Waals surface area contributed by atoms with Gasteiger partial charge < -0.3 is 24.6 Å². The zero-order valence-corrected chi connectivity index (χ0v) is 13.3. The van der Waals surface area contributed by atoms with Crippen LogP contribution < -0.4 is 19.5 Å². The molecule has 0 spiro atoms. The lowest BCUT2D eigenvalue weighted by Gasteiger charge is -2.08. The molecule has 0 fully saturated rings. The molecule has 2 N–H and O–H groups in total. The first kappa shape index (κ1) is 16.2. The van der Waals surface area contributed by atoms with E-state index in [4.69, 9.17) is 14.2 Å². The van der Waals surface area contributed by atoms with Crippen LogP contribution in [0.2, 0.25) is 0 Å². The number of nitrogens with one attached hydrogen (secondary N) is 1. The van der Waals surface area contributed by atoms with Crippen molar-refractivity contribution in [1.82, 2.24) is 0 Å². The van der Waals surface area contributed by atoms with E-state index >= 15 is 0 Å². The predicted molar refractivity (Wildman–Crippen MR) is 89.4 cm³/mol. The number of amides is 1. The Morgan fingerprint density at radius 3 is 2.60 bits per heavy atom. The zero-order valence-electron chi connectivity index (χ0n) is 13.3. The highest BCUT2D eigenvalue weighted by Crippen LogP contribution is 2.38. The summed E-state index contributed by atoms with van der Waals surface area (Å²) in [4.78, 5) is 12.3. The summed E-state index contributed by atoms with van der Waals surface area (Å²) >= 11 is 0. The number of carbonyl (C=O) groups excluding carboxylic acids is 1. The normalized spacial score (nSPS) is 12.4. The summed E-state index contributed by atoms with van der Waals surface area (Å²) in [5, 5.41) is 21.2. The number of benzene rings is 2. The third kappa shape index (κ3) is 3.48. The first-order valence-corrected chi connectivity index (χ1v) is 7.30. The smallest absolute Gasteiger partial charge is 0.266 e. The third-order valence-electron chi connectivity index (χ3n) is 3.52. The van der Waals surface area contributed by atoms with Gasteiger partial charge in [0.05, 0.1) is 7.11 Å². The van der Waals surface area contributed by atoms with Crippen LogP contribution in [0.4, 0.5) is 5.69 Å². The van der Waals surface area contributed by atoms with Crippen molar-refractivity contribution in [1.29, 1.82) is 5.26 Å². The molecule has 0 bridgehead atoms. The van der Waals surface area contributed by atoms with E-state index < -0.39 is 5.91 Å². The molecule has 0 saturated carbocycles. The Kier molecular flexibility index (Phi) is 4.44. The van der Waals surface area contributed by atoms with Crippen molar-refractivity contribution in [3.63, 3.8) is 0 Å². The van der Waals surface area contributed by atoms with Gasteiger partial charge in [-0.15, -0.1) is 0 Å². The first-order chi connectivity index (χ1) is 12.1. The standard InChI is InChI=1S/C18H14N2O5/c1-23-15-8-17-16(24-10-25-17)7-11(15)6-12(9-19)18(22)20-13-2-4-14(21)5-3-13/h2-8,21H,10H2,1H3,(H,20,22). The Morgan fingerprint density at radius 2 is 1.96 bits per heavy atom. The highest BCUT2D eigenvalue weighted by molar-refractivity contribution is 6.09. The van der Waals surface area contributed by atoms with Crippen LogP contribution in [0.15, 0.2) is 42.0 Å². The number of ether oxygens (including phenoxy) is 3. The molecule has 0 atom stereocenters. The van der Waals surface area contributed by atoms with Crippen molar-refractivity contribution in [3.8, 4) is 29.1 Å². The second kappa shape index (κ2) is 6.84. The number of anilines is 1. The third-order valence-corrected chi connectivity index (χ3v) is 3.52. The van der Waals surface area contributed by atoms with E-state index in [1.54, 1.807) is 12.1 Å². The van der Waals surface area contributed by atoms with Crippen molar-refractivity contribution in [3.05, 3.63) is 47.5 Å². The maximum Gasteiger partial charge on any atom is 0.266 e. The lowest BCUT2D eigenvalue weighted by Crippen LogP contribution is -2.13. The Morgan fingerprint density at radius 1 is 1.28 bits per heavy atom. The molecule has 2 aromatic rings. The van der Waals surface area contributed by atoms with Crippen molar-refractivity contribution < 1.29 is 24.1 Å². The van der Waals surface area contributed by atoms with Crippen LogP contribution in [0.3, 0.4) is 0 Å². The molecule has 0 aromatic heterocycles. The van der Waals surface area contributed by atoms with Crippen molar-refractivity contribution in [2.45, 2.75) is 0 Å². The highest BCUT2D eigenvalue weighted by Gasteiger charge is 2.18. The van der Waals surface area contributed by atoms with Gasteiger partial charge in [-0.3, -0.25) is 4.79 Å². The number of nitriles is 1. The number of phenols is 1. The molecule has 0 saturated heterocycles. The number of aromatic hydroxyl groups is 1. The van der Waals surface area contributed by atoms with Gasteiger partial charge in [0.25, 0.3) is 5.91 Å². The fourth-order valence-corrected chi connectivity index (χ4v) is 2.28. The second-order valence-corrected chi connectivity index (χ2v) is 5.12. The molecule has 1 heterocycles. The van der Waals surface area contributed by atoms with Gasteiger partial charge in [-0.1, -0.05) is 0 Å². The molecule has 3 rings (SSSR count). The molecular formula is C18H14N2O5. The number of phenolic OH excluding ortho intramolecular Hbond substituents is 1. The molecule has 126 valence electrons. The van der Waals surface area contributed by atoms with Gasteiger partial charge in [-0.2, -0.15) is 5.26 Å². The Labute approximate surface area is 143 Å². The summed E-state index contributed by atoms with van der Waals surface area (Å²) in [5.74, 6) is 1.02. The number of hydrogen-bond acceptors (Lipinski definition) is 6. The fourth-order valence-electron chi connectivity index (χ4n) is 2.28. The van der Waals surface area contributed by atoms with E-state index in [-0.39, 0.29) is 18.1 Å². The van der Waals surface area contributed by atoms with E-state index in [1.165, 1.54) is 37.5 Å². The van der Waals surface area contributed by atoms with Crippen LogP contribution in [0, 0.1) is 11.3 Å². The van der Waals surface area contributed by atoms with E-state index in [0.29, 0.717) is 28.5 Å². The Bertz CT molecular complexity index is 882. The SMILES string of the molecule is COc1cc2c(cc1C=C(C#N)C(=O)Nc1ccc(O)cc1)OCO2. The van der Waals surface area contributed by atoms with Gasteiger partial charge in [-0.05, 0) is 36.4 Å². The minimum Gasteiger partial charge on any atom is -0.508 e. The van der Waals surface area contributed by atoms with Crippen LogP contribution in [0.5, 0.6) is 23.0 Å². The predicted octanol–water partition coefficient (Wildman–Crippen LogP) is 2.68. The van der Waals surface area contributed by atoms with E-state index in [9.17, 15) is 15.2 Å². The molecule has 0 unspecified atom stereocenters. The van der Waals surface area contributed by atoms with Gasteiger partial charge in [0.1, 0.15) is 23.1 Å². The van der Waals surface area contributed by atoms with Gasteiger partial charge in [0.15, 0.2) is 11.5 Å². The van der Waals surface area contributed by atoms with E-state index in [2.05, 4.69) is 5.32 Å². The lowest BCUT2D eigenvalue weighted by molar-refractivity contribution is -0.112. The Balaban J connectivity index is 1.88. The van der Waals surface area contributed by atoms with Gasteiger partial charge in [-0.25, -0.2) is 0 Å². The van der Waals surface area contributed by atoms with Crippen LogP contribution in [0.25, 0.3) is 6.08 Å². The van der Waals surface area contributed by atoms with E-state index in [0.717, 1.165) is 0 Å². The summed E-state index contributed by atoms with van der Waals surface area (Å²) in [6, 6.07) is 11.1. The molecule has 0 radical (unpaired) electrons. The van der Waals surface area contributed by atoms with Gasteiger partial charge >= 0.3 is 0 Å². The minimum atomic E-state index is -0.576. The molecule has 1 aliphatic rings. The molecule has 2 aromatic carbocycles. The van der Waals surface area contributed by atoms with E-state index in [1.807, 2.05) is 6.07 Å². The number of fused-ring (bicyclic) bond motifs is 1. The molecule has 1 aliphatic heterocycles. The monoisotopic (exact) mass is 338 g/mol. The summed E-state index contributed by atoms with van der Waals surface area (Å²) in [6.45, 7) is 0.109. The van der Waals surface area contributed by atoms with Gasteiger partial charge in [0, 0.05) is 17.3 Å².